The van der Waals surface area contributed by atoms with Crippen LogP contribution in [0.15, 0.2) is 72.9 Å². The summed E-state index contributed by atoms with van der Waals surface area (Å²) in [5.74, 6) is 0. The summed E-state index contributed by atoms with van der Waals surface area (Å²) in [6, 6.07) is 25.2. The van der Waals surface area contributed by atoms with Crippen molar-refractivity contribution in [1.82, 2.24) is 4.57 Å². The SMILES string of the molecule is N#CCc1cc(-c2ccccc2)cn1CCc1ccccc1. The van der Waals surface area contributed by atoms with Crippen molar-refractivity contribution in [3.63, 3.8) is 0 Å². The number of hydrogen-bond donors (Lipinski definition) is 0. The van der Waals surface area contributed by atoms with Crippen molar-refractivity contribution < 1.29 is 0 Å². The van der Waals surface area contributed by atoms with E-state index in [1.54, 1.807) is 0 Å². The van der Waals surface area contributed by atoms with Gasteiger partial charge >= 0.3 is 0 Å². The lowest BCUT2D eigenvalue weighted by Crippen LogP contribution is -2.03. The van der Waals surface area contributed by atoms with Gasteiger partial charge in [0.25, 0.3) is 0 Å². The van der Waals surface area contributed by atoms with Crippen LogP contribution in [0.5, 0.6) is 0 Å². The summed E-state index contributed by atoms with van der Waals surface area (Å²) in [6.07, 6.45) is 3.58. The highest BCUT2D eigenvalue weighted by Crippen LogP contribution is 2.22. The maximum atomic E-state index is 9.05. The Morgan fingerprint density at radius 3 is 2.23 bits per heavy atom. The van der Waals surface area contributed by atoms with Crippen LogP contribution in [0.25, 0.3) is 11.1 Å². The van der Waals surface area contributed by atoms with Crippen LogP contribution < -0.4 is 0 Å². The van der Waals surface area contributed by atoms with Gasteiger partial charge in [-0.25, -0.2) is 0 Å². The summed E-state index contributed by atoms with van der Waals surface area (Å²) in [6.45, 7) is 0.897. The van der Waals surface area contributed by atoms with Crippen molar-refractivity contribution in [1.29, 1.82) is 5.26 Å². The summed E-state index contributed by atoms with van der Waals surface area (Å²) >= 11 is 0. The molecular weight excluding hydrogens is 268 g/mol. The summed E-state index contributed by atoms with van der Waals surface area (Å²) in [5, 5.41) is 9.05. The molecule has 2 aromatic carbocycles. The fourth-order valence-electron chi connectivity index (χ4n) is 2.67. The molecule has 0 aliphatic rings. The van der Waals surface area contributed by atoms with E-state index >= 15 is 0 Å². The van der Waals surface area contributed by atoms with Crippen LogP contribution in [0.4, 0.5) is 0 Å². The van der Waals surface area contributed by atoms with Crippen LogP contribution in [0.3, 0.4) is 0 Å². The second kappa shape index (κ2) is 6.78. The second-order valence-electron chi connectivity index (χ2n) is 5.35. The molecule has 0 saturated carbocycles. The molecule has 0 amide bonds. The Kier molecular flexibility index (Phi) is 4.36. The number of rotatable bonds is 5. The van der Waals surface area contributed by atoms with Crippen molar-refractivity contribution in [3.8, 4) is 17.2 Å². The van der Waals surface area contributed by atoms with Gasteiger partial charge in [0.05, 0.1) is 12.5 Å². The van der Waals surface area contributed by atoms with Crippen molar-refractivity contribution in [2.75, 3.05) is 0 Å². The highest BCUT2D eigenvalue weighted by Gasteiger charge is 2.07. The standard InChI is InChI=1S/C20H18N2/c21-13-11-20-15-19(18-9-5-2-6-10-18)16-22(20)14-12-17-7-3-1-4-8-17/h1-10,15-16H,11-12,14H2. The van der Waals surface area contributed by atoms with E-state index in [2.05, 4.69) is 59.3 Å². The second-order valence-corrected chi connectivity index (χ2v) is 5.35. The molecule has 0 atom stereocenters. The average Bonchev–Trinajstić information content (AvgIpc) is 2.98. The molecule has 2 heteroatoms. The minimum Gasteiger partial charge on any atom is -0.349 e. The van der Waals surface area contributed by atoms with Crippen LogP contribution in [-0.2, 0) is 19.4 Å². The molecule has 0 fully saturated rings. The molecule has 1 aromatic heterocycles. The van der Waals surface area contributed by atoms with Gasteiger partial charge in [0, 0.05) is 18.4 Å². The van der Waals surface area contributed by atoms with Crippen molar-refractivity contribution >= 4 is 0 Å². The van der Waals surface area contributed by atoms with Gasteiger partial charge in [-0.3, -0.25) is 0 Å². The Morgan fingerprint density at radius 2 is 1.55 bits per heavy atom. The van der Waals surface area contributed by atoms with E-state index < -0.39 is 0 Å². The van der Waals surface area contributed by atoms with Gasteiger partial charge in [-0.05, 0) is 29.2 Å². The molecule has 1 heterocycles. The van der Waals surface area contributed by atoms with Gasteiger partial charge in [-0.2, -0.15) is 5.26 Å². The molecule has 0 spiro atoms. The fraction of sp³-hybridized carbons (Fsp3) is 0.150. The first-order valence-electron chi connectivity index (χ1n) is 7.52. The first-order chi connectivity index (χ1) is 10.9. The maximum Gasteiger partial charge on any atom is 0.0754 e. The lowest BCUT2D eigenvalue weighted by molar-refractivity contribution is 0.675. The summed E-state index contributed by atoms with van der Waals surface area (Å²) in [4.78, 5) is 0. The van der Waals surface area contributed by atoms with E-state index in [9.17, 15) is 0 Å². The third-order valence-electron chi connectivity index (χ3n) is 3.84. The van der Waals surface area contributed by atoms with Crippen LogP contribution >= 0.6 is 0 Å². The Labute approximate surface area is 131 Å². The van der Waals surface area contributed by atoms with Gasteiger partial charge in [-0.1, -0.05) is 60.7 Å². The predicted molar refractivity (Wildman–Crippen MR) is 89.3 cm³/mol. The Morgan fingerprint density at radius 1 is 0.864 bits per heavy atom. The lowest BCUT2D eigenvalue weighted by Gasteiger charge is -2.07. The van der Waals surface area contributed by atoms with Gasteiger partial charge < -0.3 is 4.57 Å². The zero-order chi connectivity index (χ0) is 15.2. The van der Waals surface area contributed by atoms with Crippen molar-refractivity contribution in [2.24, 2.45) is 0 Å². The molecule has 0 N–H and O–H groups in total. The highest BCUT2D eigenvalue weighted by molar-refractivity contribution is 5.63. The number of nitriles is 1. The Balaban J connectivity index is 1.83. The molecule has 0 aliphatic heterocycles. The van der Waals surface area contributed by atoms with E-state index in [-0.39, 0.29) is 0 Å². The highest BCUT2D eigenvalue weighted by atomic mass is 15.0. The van der Waals surface area contributed by atoms with Gasteiger partial charge in [0.15, 0.2) is 0 Å². The van der Waals surface area contributed by atoms with E-state index in [4.69, 9.17) is 5.26 Å². The largest absolute Gasteiger partial charge is 0.349 e. The molecule has 2 nitrogen and oxygen atoms in total. The molecule has 3 rings (SSSR count). The molecule has 0 bridgehead atoms. The predicted octanol–water partition coefficient (Wildman–Crippen LogP) is 4.46. The average molecular weight is 286 g/mol. The first-order valence-corrected chi connectivity index (χ1v) is 7.52. The zero-order valence-electron chi connectivity index (χ0n) is 12.4. The lowest BCUT2D eigenvalue weighted by atomic mass is 10.1. The van der Waals surface area contributed by atoms with E-state index in [0.29, 0.717) is 6.42 Å². The molecule has 0 aliphatic carbocycles. The zero-order valence-corrected chi connectivity index (χ0v) is 12.4. The summed E-state index contributed by atoms with van der Waals surface area (Å²) in [7, 11) is 0. The molecule has 0 radical (unpaired) electrons. The smallest absolute Gasteiger partial charge is 0.0754 e. The quantitative estimate of drug-likeness (QED) is 0.680. The normalized spacial score (nSPS) is 10.3. The molecule has 108 valence electrons. The minimum absolute atomic E-state index is 0.446. The molecule has 22 heavy (non-hydrogen) atoms. The Hall–Kier alpha value is -2.79. The summed E-state index contributed by atoms with van der Waals surface area (Å²) in [5.41, 5.74) is 4.77. The van der Waals surface area contributed by atoms with Crippen LogP contribution in [-0.4, -0.2) is 4.57 Å². The van der Waals surface area contributed by atoms with Crippen molar-refractivity contribution in [2.45, 2.75) is 19.4 Å². The Bertz CT molecular complexity index is 764. The molecule has 0 saturated heterocycles. The van der Waals surface area contributed by atoms with E-state index in [1.165, 1.54) is 16.7 Å². The number of nitrogens with zero attached hydrogens (tertiary/aromatic N) is 2. The molecule has 3 aromatic rings. The topological polar surface area (TPSA) is 28.7 Å². The monoisotopic (exact) mass is 286 g/mol. The van der Waals surface area contributed by atoms with E-state index in [0.717, 1.165) is 18.7 Å². The van der Waals surface area contributed by atoms with Crippen LogP contribution in [0, 0.1) is 11.3 Å². The molecular formula is C20H18N2. The van der Waals surface area contributed by atoms with Crippen LogP contribution in [0.1, 0.15) is 11.3 Å². The first kappa shape index (κ1) is 14.2. The third kappa shape index (κ3) is 3.27. The van der Waals surface area contributed by atoms with E-state index in [1.807, 2.05) is 24.3 Å². The van der Waals surface area contributed by atoms with Gasteiger partial charge in [-0.15, -0.1) is 0 Å². The fourth-order valence-corrected chi connectivity index (χ4v) is 2.67. The van der Waals surface area contributed by atoms with Gasteiger partial charge in [0.1, 0.15) is 0 Å². The number of aromatic nitrogens is 1. The molecule has 0 unspecified atom stereocenters. The maximum absolute atomic E-state index is 9.05. The summed E-state index contributed by atoms with van der Waals surface area (Å²) < 4.78 is 2.21. The number of hydrogen-bond acceptors (Lipinski definition) is 1. The van der Waals surface area contributed by atoms with Crippen molar-refractivity contribution in [3.05, 3.63) is 84.2 Å². The third-order valence-corrected chi connectivity index (χ3v) is 3.84. The van der Waals surface area contributed by atoms with Gasteiger partial charge in [0.2, 0.25) is 0 Å². The number of benzene rings is 2. The number of aryl methyl sites for hydroxylation is 2. The minimum atomic E-state index is 0.446. The van der Waals surface area contributed by atoms with Crippen LogP contribution in [0.2, 0.25) is 0 Å².